The zero-order valence-electron chi connectivity index (χ0n) is 16.7. The third-order valence-electron chi connectivity index (χ3n) is 8.24. The van der Waals surface area contributed by atoms with E-state index < -0.39 is 0 Å². The molecular weight excluding hydrogens is 383 g/mol. The van der Waals surface area contributed by atoms with Gasteiger partial charge in [-0.25, -0.2) is 4.39 Å². The number of carbonyl (C=O) groups is 3. The molecule has 4 fully saturated rings. The molecular formula is C24H25FN2O3. The molecule has 6 heteroatoms. The lowest BCUT2D eigenvalue weighted by molar-refractivity contribution is -0.144. The molecule has 7 rings (SSSR count). The van der Waals surface area contributed by atoms with Crippen molar-refractivity contribution in [3.8, 4) is 0 Å². The summed E-state index contributed by atoms with van der Waals surface area (Å²) in [6.07, 6.45) is 8.23. The molecule has 1 aliphatic heterocycles. The molecule has 3 saturated carbocycles. The topological polar surface area (TPSA) is 66.5 Å². The van der Waals surface area contributed by atoms with Gasteiger partial charge in [0.05, 0.1) is 11.8 Å². The van der Waals surface area contributed by atoms with Crippen LogP contribution in [0.15, 0.2) is 36.4 Å². The molecule has 0 radical (unpaired) electrons. The zero-order chi connectivity index (χ0) is 20.6. The minimum atomic E-state index is -0.338. The van der Waals surface area contributed by atoms with E-state index >= 15 is 0 Å². The molecule has 5 aliphatic carbocycles. The van der Waals surface area contributed by atoms with Crippen molar-refractivity contribution in [3.05, 3.63) is 42.2 Å². The highest BCUT2D eigenvalue weighted by molar-refractivity contribution is 6.06. The van der Waals surface area contributed by atoms with E-state index in [4.69, 9.17) is 0 Å². The van der Waals surface area contributed by atoms with Gasteiger partial charge in [-0.15, -0.1) is 0 Å². The first kappa shape index (κ1) is 18.3. The Labute approximate surface area is 174 Å². The summed E-state index contributed by atoms with van der Waals surface area (Å²) in [4.78, 5) is 40.7. The summed E-state index contributed by atoms with van der Waals surface area (Å²) in [6.45, 7) is 0. The predicted octanol–water partition coefficient (Wildman–Crippen LogP) is 3.38. The summed E-state index contributed by atoms with van der Waals surface area (Å²) in [5, 5.41) is 2.85. The average molecular weight is 408 g/mol. The molecule has 30 heavy (non-hydrogen) atoms. The summed E-state index contributed by atoms with van der Waals surface area (Å²) in [7, 11) is 0. The molecule has 1 heterocycles. The van der Waals surface area contributed by atoms with Crippen molar-refractivity contribution in [3.63, 3.8) is 0 Å². The minimum absolute atomic E-state index is 0.0360. The van der Waals surface area contributed by atoms with Crippen LogP contribution >= 0.6 is 0 Å². The number of anilines is 1. The van der Waals surface area contributed by atoms with Gasteiger partial charge in [0.2, 0.25) is 17.7 Å². The highest BCUT2D eigenvalue weighted by Crippen LogP contribution is 2.65. The number of halogens is 1. The number of nitrogens with one attached hydrogen (secondary N) is 1. The largest absolute Gasteiger partial charge is 0.326 e. The molecule has 3 amide bonds. The molecule has 6 atom stereocenters. The van der Waals surface area contributed by atoms with E-state index in [9.17, 15) is 18.8 Å². The molecule has 1 aromatic carbocycles. The summed E-state index contributed by atoms with van der Waals surface area (Å²) < 4.78 is 13.0. The number of rotatable bonds is 3. The number of benzene rings is 1. The van der Waals surface area contributed by atoms with Gasteiger partial charge in [0.1, 0.15) is 5.82 Å². The lowest BCUT2D eigenvalue weighted by atomic mass is 9.63. The molecule has 0 aromatic heterocycles. The number of likely N-dealkylation sites (tertiary alicyclic amines) is 1. The van der Waals surface area contributed by atoms with Crippen molar-refractivity contribution in [1.29, 1.82) is 0 Å². The maximum absolute atomic E-state index is 13.2. The first-order valence-electron chi connectivity index (χ1n) is 11.1. The SMILES string of the molecule is O=C(Nc1ccc(F)cc1)C1CCC(N2C(=O)[C@@H]3[C@H]4C=C[C@@H]([C@@H]5C[C@H]45)[C@H]3C2=O)CC1. The zero-order valence-corrected chi connectivity index (χ0v) is 16.7. The van der Waals surface area contributed by atoms with E-state index in [1.165, 1.54) is 18.6 Å². The van der Waals surface area contributed by atoms with Gasteiger partial charge in [-0.05, 0) is 80.0 Å². The van der Waals surface area contributed by atoms with Crippen molar-refractivity contribution in [2.75, 3.05) is 5.32 Å². The van der Waals surface area contributed by atoms with Gasteiger partial charge in [-0.1, -0.05) is 12.2 Å². The number of hydrogen-bond donors (Lipinski definition) is 1. The van der Waals surface area contributed by atoms with Crippen LogP contribution in [0.5, 0.6) is 0 Å². The Bertz CT molecular complexity index is 914. The van der Waals surface area contributed by atoms with Crippen molar-refractivity contribution < 1.29 is 18.8 Å². The van der Waals surface area contributed by atoms with Crippen LogP contribution in [0, 0.1) is 47.2 Å². The Morgan fingerprint density at radius 1 is 0.900 bits per heavy atom. The van der Waals surface area contributed by atoms with Gasteiger partial charge in [0.25, 0.3) is 0 Å². The molecule has 5 nitrogen and oxygen atoms in total. The van der Waals surface area contributed by atoms with Crippen molar-refractivity contribution in [2.24, 2.45) is 41.4 Å². The van der Waals surface area contributed by atoms with Gasteiger partial charge < -0.3 is 5.32 Å². The van der Waals surface area contributed by atoms with Gasteiger partial charge in [-0.3, -0.25) is 19.3 Å². The quantitative estimate of drug-likeness (QED) is 0.616. The van der Waals surface area contributed by atoms with Crippen LogP contribution in [0.2, 0.25) is 0 Å². The van der Waals surface area contributed by atoms with E-state index in [-0.39, 0.29) is 59.2 Å². The van der Waals surface area contributed by atoms with E-state index in [1.54, 1.807) is 17.0 Å². The second-order valence-corrected chi connectivity index (χ2v) is 9.70. The first-order chi connectivity index (χ1) is 14.5. The lowest BCUT2D eigenvalue weighted by Gasteiger charge is -2.37. The number of hydrogen-bond acceptors (Lipinski definition) is 3. The van der Waals surface area contributed by atoms with Crippen LogP contribution in [0.3, 0.4) is 0 Å². The van der Waals surface area contributed by atoms with E-state index in [2.05, 4.69) is 17.5 Å². The number of allylic oxidation sites excluding steroid dienone is 2. The molecule has 6 aliphatic rings. The minimum Gasteiger partial charge on any atom is -0.326 e. The maximum atomic E-state index is 13.2. The van der Waals surface area contributed by atoms with E-state index in [0.29, 0.717) is 43.2 Å². The number of imide groups is 1. The summed E-state index contributed by atoms with van der Waals surface area (Å²) >= 11 is 0. The average Bonchev–Trinajstić information content (AvgIpc) is 3.53. The Morgan fingerprint density at radius 3 is 2.03 bits per heavy atom. The third-order valence-corrected chi connectivity index (χ3v) is 8.24. The lowest BCUT2D eigenvalue weighted by Crippen LogP contribution is -2.44. The fourth-order valence-corrected chi connectivity index (χ4v) is 6.71. The normalized spacial score (nSPS) is 40.9. The van der Waals surface area contributed by atoms with Crippen molar-refractivity contribution in [2.45, 2.75) is 38.1 Å². The monoisotopic (exact) mass is 408 g/mol. The highest BCUT2D eigenvalue weighted by atomic mass is 19.1. The summed E-state index contributed by atoms with van der Waals surface area (Å²) in [5.74, 6) is 0.965. The first-order valence-corrected chi connectivity index (χ1v) is 11.1. The highest BCUT2D eigenvalue weighted by Gasteiger charge is 2.67. The molecule has 0 spiro atoms. The van der Waals surface area contributed by atoms with Crippen molar-refractivity contribution in [1.82, 2.24) is 4.90 Å². The van der Waals surface area contributed by atoms with Gasteiger partial charge >= 0.3 is 0 Å². The van der Waals surface area contributed by atoms with E-state index in [0.717, 1.165) is 0 Å². The molecule has 1 N–H and O–H groups in total. The third kappa shape index (κ3) is 2.62. The number of nitrogens with zero attached hydrogens (tertiary/aromatic N) is 1. The van der Waals surface area contributed by atoms with Crippen LogP contribution in [0.25, 0.3) is 0 Å². The van der Waals surface area contributed by atoms with Crippen LogP contribution in [0.1, 0.15) is 32.1 Å². The van der Waals surface area contributed by atoms with Crippen LogP contribution in [0.4, 0.5) is 10.1 Å². The Hall–Kier alpha value is -2.50. The predicted molar refractivity (Wildman–Crippen MR) is 107 cm³/mol. The summed E-state index contributed by atoms with van der Waals surface area (Å²) in [6, 6.07) is 5.66. The molecule has 0 unspecified atom stereocenters. The number of amides is 3. The van der Waals surface area contributed by atoms with Gasteiger partial charge in [-0.2, -0.15) is 0 Å². The molecule has 2 bridgehead atoms. The molecule has 156 valence electrons. The Balaban J connectivity index is 1.11. The van der Waals surface area contributed by atoms with Gasteiger partial charge in [0, 0.05) is 17.6 Å². The van der Waals surface area contributed by atoms with Gasteiger partial charge in [0.15, 0.2) is 0 Å². The Kier molecular flexibility index (Phi) is 3.96. The second kappa shape index (κ2) is 6.50. The number of carbonyl (C=O) groups excluding carboxylic acids is 3. The van der Waals surface area contributed by atoms with Crippen LogP contribution in [-0.2, 0) is 14.4 Å². The fourth-order valence-electron chi connectivity index (χ4n) is 6.71. The second-order valence-electron chi connectivity index (χ2n) is 9.70. The maximum Gasteiger partial charge on any atom is 0.233 e. The standard InChI is InChI=1S/C24H25FN2O3/c25-13-3-5-14(6-4-13)26-22(28)12-1-7-15(8-2-12)27-23(29)20-16-9-10-17(19-11-18(16)19)21(20)24(27)30/h3-6,9-10,12,15-21H,1-2,7-8,11H2,(H,26,28)/t12?,15?,16-,17-,18-,19+,20+,21+/m0/s1. The smallest absolute Gasteiger partial charge is 0.233 e. The molecule has 1 aromatic rings. The molecule has 1 saturated heterocycles. The Morgan fingerprint density at radius 2 is 1.47 bits per heavy atom. The van der Waals surface area contributed by atoms with Crippen molar-refractivity contribution >= 4 is 23.4 Å². The fraction of sp³-hybridized carbons (Fsp3) is 0.542. The van der Waals surface area contributed by atoms with Crippen LogP contribution in [-0.4, -0.2) is 28.7 Å². The van der Waals surface area contributed by atoms with E-state index in [1.807, 2.05) is 0 Å². The summed E-state index contributed by atoms with van der Waals surface area (Å²) in [5.41, 5.74) is 0.582. The van der Waals surface area contributed by atoms with Crippen LogP contribution < -0.4 is 5.32 Å².